The third kappa shape index (κ3) is 3.23. The predicted molar refractivity (Wildman–Crippen MR) is 74.6 cm³/mol. The van der Waals surface area contributed by atoms with Crippen molar-refractivity contribution in [3.05, 3.63) is 38.9 Å². The summed E-state index contributed by atoms with van der Waals surface area (Å²) in [5, 5.41) is 11.0. The van der Waals surface area contributed by atoms with Gasteiger partial charge < -0.3 is 4.90 Å². The van der Waals surface area contributed by atoms with Crippen LogP contribution in [0.5, 0.6) is 0 Å². The van der Waals surface area contributed by atoms with Crippen LogP contribution in [0.3, 0.4) is 0 Å². The van der Waals surface area contributed by atoms with Crippen LogP contribution in [0.1, 0.15) is 37.6 Å². The quantitative estimate of drug-likeness (QED) is 0.628. The predicted octanol–water partition coefficient (Wildman–Crippen LogP) is 3.51. The highest BCUT2D eigenvalue weighted by Gasteiger charge is 2.28. The molecule has 0 N–H and O–H groups in total. The van der Waals surface area contributed by atoms with Gasteiger partial charge in [0.25, 0.3) is 11.6 Å². The van der Waals surface area contributed by atoms with Gasteiger partial charge in [0.05, 0.1) is 15.5 Å². The Hall–Kier alpha value is -1.62. The summed E-state index contributed by atoms with van der Waals surface area (Å²) in [4.78, 5) is 24.1. The summed E-state index contributed by atoms with van der Waals surface area (Å²) in [5.74, 6) is -0.319. The highest BCUT2D eigenvalue weighted by Crippen LogP contribution is 2.26. The van der Waals surface area contributed by atoms with Crippen molar-refractivity contribution in [3.8, 4) is 0 Å². The molecule has 0 saturated carbocycles. The molecule has 0 bridgehead atoms. The fraction of sp³-hybridized carbons (Fsp3) is 0.462. The number of hydrogen-bond donors (Lipinski definition) is 0. The Morgan fingerprint density at radius 2 is 2.05 bits per heavy atom. The first-order valence-electron chi connectivity index (χ1n) is 5.92. The Bertz CT molecular complexity index is 515. The molecule has 0 aromatic heterocycles. The zero-order chi connectivity index (χ0) is 14.8. The van der Waals surface area contributed by atoms with E-state index in [1.165, 1.54) is 18.2 Å². The molecule has 1 aromatic carbocycles. The van der Waals surface area contributed by atoms with Gasteiger partial charge in [-0.2, -0.15) is 0 Å². The maximum atomic E-state index is 12.4. The average Bonchev–Trinajstić information content (AvgIpc) is 2.37. The lowest BCUT2D eigenvalue weighted by atomic mass is 9.99. The molecule has 5 nitrogen and oxygen atoms in total. The van der Waals surface area contributed by atoms with Crippen LogP contribution < -0.4 is 0 Å². The Kier molecular flexibility index (Phi) is 4.52. The SMILES string of the molecule is CCC(C)(C)N(C)C(=O)c1cc([N+](=O)[O-])ccc1Cl. The number of benzene rings is 1. The van der Waals surface area contributed by atoms with Gasteiger partial charge in [-0.15, -0.1) is 0 Å². The topological polar surface area (TPSA) is 63.5 Å². The summed E-state index contributed by atoms with van der Waals surface area (Å²) in [5.41, 5.74) is -0.333. The zero-order valence-electron chi connectivity index (χ0n) is 11.4. The van der Waals surface area contributed by atoms with Gasteiger partial charge in [0.15, 0.2) is 0 Å². The Balaban J connectivity index is 3.19. The van der Waals surface area contributed by atoms with Crippen molar-refractivity contribution >= 4 is 23.2 Å². The van der Waals surface area contributed by atoms with Crippen LogP contribution in [0.2, 0.25) is 5.02 Å². The molecule has 6 heteroatoms. The third-order valence-corrected chi connectivity index (χ3v) is 3.80. The third-order valence-electron chi connectivity index (χ3n) is 3.47. The number of nitro groups is 1. The Morgan fingerprint density at radius 1 is 1.47 bits per heavy atom. The fourth-order valence-corrected chi connectivity index (χ4v) is 1.68. The van der Waals surface area contributed by atoms with Crippen molar-refractivity contribution in [3.63, 3.8) is 0 Å². The smallest absolute Gasteiger partial charge is 0.270 e. The molecule has 0 atom stereocenters. The second-order valence-electron chi connectivity index (χ2n) is 4.95. The monoisotopic (exact) mass is 284 g/mol. The van der Waals surface area contributed by atoms with E-state index >= 15 is 0 Å². The molecule has 0 aliphatic carbocycles. The van der Waals surface area contributed by atoms with E-state index < -0.39 is 4.92 Å². The van der Waals surface area contributed by atoms with Gasteiger partial charge in [0.2, 0.25) is 0 Å². The molecule has 0 fully saturated rings. The van der Waals surface area contributed by atoms with Gasteiger partial charge >= 0.3 is 0 Å². The number of nitro benzene ring substituents is 1. The maximum absolute atomic E-state index is 12.4. The summed E-state index contributed by atoms with van der Waals surface area (Å²) in [6.07, 6.45) is 0.766. The van der Waals surface area contributed by atoms with Crippen molar-refractivity contribution < 1.29 is 9.72 Å². The Morgan fingerprint density at radius 3 is 2.53 bits per heavy atom. The number of nitrogens with zero attached hydrogens (tertiary/aromatic N) is 2. The van der Waals surface area contributed by atoms with Gasteiger partial charge in [-0.25, -0.2) is 0 Å². The van der Waals surface area contributed by atoms with Gasteiger partial charge in [-0.3, -0.25) is 14.9 Å². The molecule has 0 heterocycles. The summed E-state index contributed by atoms with van der Waals surface area (Å²) < 4.78 is 0. The zero-order valence-corrected chi connectivity index (χ0v) is 12.2. The normalized spacial score (nSPS) is 11.2. The summed E-state index contributed by atoms with van der Waals surface area (Å²) >= 11 is 5.96. The average molecular weight is 285 g/mol. The first-order chi connectivity index (χ1) is 8.70. The molecule has 1 amide bonds. The van der Waals surface area contributed by atoms with Gasteiger partial charge in [-0.05, 0) is 26.3 Å². The molecule has 0 saturated heterocycles. The molecular weight excluding hydrogens is 268 g/mol. The second kappa shape index (κ2) is 5.57. The van der Waals surface area contributed by atoms with Crippen LogP contribution in [0.4, 0.5) is 5.69 Å². The van der Waals surface area contributed by atoms with Gasteiger partial charge in [-0.1, -0.05) is 18.5 Å². The van der Waals surface area contributed by atoms with E-state index in [2.05, 4.69) is 0 Å². The lowest BCUT2D eigenvalue weighted by Gasteiger charge is -2.35. The van der Waals surface area contributed by atoms with E-state index in [0.717, 1.165) is 6.42 Å². The van der Waals surface area contributed by atoms with Crippen LogP contribution >= 0.6 is 11.6 Å². The van der Waals surface area contributed by atoms with Crippen molar-refractivity contribution in [1.29, 1.82) is 0 Å². The number of non-ortho nitro benzene ring substituents is 1. The van der Waals surface area contributed by atoms with E-state index in [9.17, 15) is 14.9 Å². The van der Waals surface area contributed by atoms with Crippen LogP contribution in [0.25, 0.3) is 0 Å². The number of rotatable bonds is 4. The summed E-state index contributed by atoms with van der Waals surface area (Å²) in [6, 6.07) is 3.87. The second-order valence-corrected chi connectivity index (χ2v) is 5.36. The summed E-state index contributed by atoms with van der Waals surface area (Å²) in [6.45, 7) is 5.82. The lowest BCUT2D eigenvalue weighted by Crippen LogP contribution is -2.44. The van der Waals surface area contributed by atoms with Crippen molar-refractivity contribution in [2.75, 3.05) is 7.05 Å². The van der Waals surface area contributed by atoms with E-state index in [4.69, 9.17) is 11.6 Å². The largest absolute Gasteiger partial charge is 0.337 e. The lowest BCUT2D eigenvalue weighted by molar-refractivity contribution is -0.384. The van der Waals surface area contributed by atoms with E-state index in [1.807, 2.05) is 20.8 Å². The number of carbonyl (C=O) groups is 1. The molecule has 0 radical (unpaired) electrons. The minimum absolute atomic E-state index is 0.143. The molecule has 1 aromatic rings. The number of hydrogen-bond acceptors (Lipinski definition) is 3. The van der Waals surface area contributed by atoms with E-state index in [1.54, 1.807) is 11.9 Å². The van der Waals surface area contributed by atoms with Crippen LogP contribution in [-0.2, 0) is 0 Å². The first kappa shape index (κ1) is 15.4. The van der Waals surface area contributed by atoms with Crippen LogP contribution in [0, 0.1) is 10.1 Å². The van der Waals surface area contributed by atoms with Crippen molar-refractivity contribution in [2.45, 2.75) is 32.7 Å². The van der Waals surface area contributed by atoms with Gasteiger partial charge in [0.1, 0.15) is 0 Å². The molecule has 0 aliphatic rings. The fourth-order valence-electron chi connectivity index (χ4n) is 1.48. The van der Waals surface area contributed by atoms with Crippen molar-refractivity contribution in [1.82, 2.24) is 4.90 Å². The number of amides is 1. The summed E-state index contributed by atoms with van der Waals surface area (Å²) in [7, 11) is 1.67. The van der Waals surface area contributed by atoms with E-state index in [0.29, 0.717) is 0 Å². The van der Waals surface area contributed by atoms with E-state index in [-0.39, 0.29) is 27.7 Å². The highest BCUT2D eigenvalue weighted by atomic mass is 35.5. The minimum atomic E-state index is -0.544. The van der Waals surface area contributed by atoms with Crippen LogP contribution in [0.15, 0.2) is 18.2 Å². The first-order valence-corrected chi connectivity index (χ1v) is 6.30. The maximum Gasteiger partial charge on any atom is 0.270 e. The number of carbonyl (C=O) groups excluding carboxylic acids is 1. The van der Waals surface area contributed by atoms with Crippen molar-refractivity contribution in [2.24, 2.45) is 0 Å². The molecule has 0 unspecified atom stereocenters. The molecule has 19 heavy (non-hydrogen) atoms. The molecule has 0 spiro atoms. The highest BCUT2D eigenvalue weighted by molar-refractivity contribution is 6.33. The molecular formula is C13H17ClN2O3. The minimum Gasteiger partial charge on any atom is -0.337 e. The molecule has 1 rings (SSSR count). The Labute approximate surface area is 117 Å². The molecule has 104 valence electrons. The number of halogens is 1. The molecule has 0 aliphatic heterocycles. The standard InChI is InChI=1S/C13H17ClN2O3/c1-5-13(2,3)15(4)12(17)10-8-9(16(18)19)6-7-11(10)14/h6-8H,5H2,1-4H3. The van der Waals surface area contributed by atoms with Gasteiger partial charge in [0, 0.05) is 24.7 Å². The van der Waals surface area contributed by atoms with Crippen LogP contribution in [-0.4, -0.2) is 28.3 Å².